The highest BCUT2D eigenvalue weighted by atomic mass is 32.2. The first-order valence-corrected chi connectivity index (χ1v) is 7.32. The van der Waals surface area contributed by atoms with E-state index >= 15 is 0 Å². The summed E-state index contributed by atoms with van der Waals surface area (Å²) in [6, 6.07) is 4.81. The van der Waals surface area contributed by atoms with Crippen LogP contribution in [0, 0.1) is 0 Å². The smallest absolute Gasteiger partial charge is 0.320 e. The molecule has 0 aromatic heterocycles. The minimum absolute atomic E-state index is 0.308. The molecule has 0 radical (unpaired) electrons. The Morgan fingerprint density at radius 3 is 2.45 bits per heavy atom. The Kier molecular flexibility index (Phi) is 5.78. The van der Waals surface area contributed by atoms with E-state index in [0.717, 1.165) is 0 Å². The van der Waals surface area contributed by atoms with Crippen LogP contribution in [0.5, 0.6) is 11.5 Å². The van der Waals surface area contributed by atoms with Gasteiger partial charge in [-0.3, -0.25) is 4.79 Å². The second-order valence-corrected chi connectivity index (χ2v) is 5.64. The van der Waals surface area contributed by atoms with Crippen LogP contribution in [-0.2, 0) is 25.3 Å². The summed E-state index contributed by atoms with van der Waals surface area (Å²) in [6.07, 6.45) is 0. The van der Waals surface area contributed by atoms with Gasteiger partial charge in [-0.1, -0.05) is 6.07 Å². The molecular formula is C12H17NO6S. The summed E-state index contributed by atoms with van der Waals surface area (Å²) in [5.41, 5.74) is 0.464. The van der Waals surface area contributed by atoms with Crippen LogP contribution in [0.25, 0.3) is 0 Å². The van der Waals surface area contributed by atoms with E-state index in [2.05, 4.69) is 9.46 Å². The standard InChI is InChI=1S/C12H17NO6S/c1-17-10-5-4-9(11(6-10)18-2)8-20(15,16)13-7-12(14)19-3/h4-6,13H,7-8H2,1-3H3. The molecule has 0 saturated heterocycles. The van der Waals surface area contributed by atoms with E-state index in [1.807, 2.05) is 0 Å². The number of methoxy groups -OCH3 is 3. The number of ether oxygens (including phenoxy) is 3. The first-order chi connectivity index (χ1) is 9.41. The predicted octanol–water partition coefficient (Wildman–Crippen LogP) is 0.296. The highest BCUT2D eigenvalue weighted by Gasteiger charge is 2.16. The lowest BCUT2D eigenvalue weighted by Crippen LogP contribution is -2.31. The highest BCUT2D eigenvalue weighted by molar-refractivity contribution is 7.88. The largest absolute Gasteiger partial charge is 0.497 e. The number of rotatable bonds is 7. The molecule has 0 heterocycles. The molecule has 1 rings (SSSR count). The molecule has 8 heteroatoms. The van der Waals surface area contributed by atoms with Crippen molar-refractivity contribution in [3.05, 3.63) is 23.8 Å². The Morgan fingerprint density at radius 2 is 1.90 bits per heavy atom. The van der Waals surface area contributed by atoms with E-state index in [1.165, 1.54) is 21.3 Å². The fourth-order valence-corrected chi connectivity index (χ4v) is 2.56. The molecule has 0 spiro atoms. The van der Waals surface area contributed by atoms with Crippen molar-refractivity contribution < 1.29 is 27.4 Å². The molecule has 0 saturated carbocycles. The minimum atomic E-state index is -3.66. The van der Waals surface area contributed by atoms with Gasteiger partial charge in [0.15, 0.2) is 0 Å². The zero-order valence-electron chi connectivity index (χ0n) is 11.5. The van der Waals surface area contributed by atoms with E-state index in [-0.39, 0.29) is 5.75 Å². The topological polar surface area (TPSA) is 90.9 Å². The van der Waals surface area contributed by atoms with Gasteiger partial charge in [0.05, 0.1) is 27.1 Å². The van der Waals surface area contributed by atoms with Crippen LogP contribution in [-0.4, -0.2) is 42.3 Å². The first-order valence-electron chi connectivity index (χ1n) is 5.67. The van der Waals surface area contributed by atoms with Crippen molar-refractivity contribution in [1.82, 2.24) is 4.72 Å². The summed E-state index contributed by atoms with van der Waals surface area (Å²) >= 11 is 0. The van der Waals surface area contributed by atoms with Gasteiger partial charge in [0, 0.05) is 11.6 Å². The van der Waals surface area contributed by atoms with Gasteiger partial charge in [-0.2, -0.15) is 0 Å². The van der Waals surface area contributed by atoms with Crippen LogP contribution in [0.15, 0.2) is 18.2 Å². The molecule has 0 fully saturated rings. The molecule has 1 aromatic rings. The number of carbonyl (C=O) groups excluding carboxylic acids is 1. The summed E-state index contributed by atoms with van der Waals surface area (Å²) in [4.78, 5) is 10.9. The van der Waals surface area contributed by atoms with Crippen molar-refractivity contribution in [2.24, 2.45) is 0 Å². The van der Waals surface area contributed by atoms with Crippen molar-refractivity contribution in [3.8, 4) is 11.5 Å². The van der Waals surface area contributed by atoms with Gasteiger partial charge < -0.3 is 14.2 Å². The van der Waals surface area contributed by atoms with E-state index in [9.17, 15) is 13.2 Å². The lowest BCUT2D eigenvalue weighted by atomic mass is 10.2. The van der Waals surface area contributed by atoms with Crippen LogP contribution >= 0.6 is 0 Å². The Bertz CT molecular complexity index is 569. The lowest BCUT2D eigenvalue weighted by Gasteiger charge is -2.11. The Labute approximate surface area is 117 Å². The number of hydrogen-bond acceptors (Lipinski definition) is 6. The number of nitrogens with one attached hydrogen (secondary N) is 1. The van der Waals surface area contributed by atoms with Gasteiger partial charge >= 0.3 is 5.97 Å². The molecule has 0 amide bonds. The molecule has 0 aliphatic carbocycles. The van der Waals surface area contributed by atoms with E-state index < -0.39 is 22.5 Å². The van der Waals surface area contributed by atoms with Gasteiger partial charge in [-0.25, -0.2) is 13.1 Å². The monoisotopic (exact) mass is 303 g/mol. The first kappa shape index (κ1) is 16.3. The summed E-state index contributed by atoms with van der Waals surface area (Å²) < 4.78 is 40.3. The molecule has 1 aromatic carbocycles. The molecule has 0 unspecified atom stereocenters. The number of hydrogen-bond donors (Lipinski definition) is 1. The number of benzene rings is 1. The molecule has 0 atom stereocenters. The molecule has 7 nitrogen and oxygen atoms in total. The van der Waals surface area contributed by atoms with Crippen LogP contribution in [0.4, 0.5) is 0 Å². The third-order valence-electron chi connectivity index (χ3n) is 2.50. The van der Waals surface area contributed by atoms with E-state index in [4.69, 9.17) is 9.47 Å². The van der Waals surface area contributed by atoms with Crippen molar-refractivity contribution in [3.63, 3.8) is 0 Å². The van der Waals surface area contributed by atoms with Crippen molar-refractivity contribution >= 4 is 16.0 Å². The van der Waals surface area contributed by atoms with Gasteiger partial charge in [-0.05, 0) is 6.07 Å². The van der Waals surface area contributed by atoms with Gasteiger partial charge in [0.1, 0.15) is 18.0 Å². The second kappa shape index (κ2) is 7.11. The zero-order valence-corrected chi connectivity index (χ0v) is 12.3. The molecule has 0 aliphatic rings. The van der Waals surface area contributed by atoms with Crippen LogP contribution in [0.1, 0.15) is 5.56 Å². The third-order valence-corrected chi connectivity index (χ3v) is 3.78. The number of sulfonamides is 1. The Morgan fingerprint density at radius 1 is 1.20 bits per heavy atom. The van der Waals surface area contributed by atoms with Crippen LogP contribution in [0.2, 0.25) is 0 Å². The third kappa shape index (κ3) is 4.71. The van der Waals surface area contributed by atoms with E-state index in [0.29, 0.717) is 17.1 Å². The SMILES string of the molecule is COC(=O)CNS(=O)(=O)Cc1ccc(OC)cc1OC. The maximum atomic E-state index is 11.8. The molecule has 20 heavy (non-hydrogen) atoms. The highest BCUT2D eigenvalue weighted by Crippen LogP contribution is 2.25. The zero-order chi connectivity index (χ0) is 15.2. The molecule has 0 aliphatic heterocycles. The molecule has 0 bridgehead atoms. The van der Waals surface area contributed by atoms with Crippen LogP contribution in [0.3, 0.4) is 0 Å². The molecular weight excluding hydrogens is 286 g/mol. The van der Waals surface area contributed by atoms with Crippen molar-refractivity contribution in [1.29, 1.82) is 0 Å². The number of esters is 1. The predicted molar refractivity (Wildman–Crippen MR) is 72.2 cm³/mol. The van der Waals surface area contributed by atoms with Crippen molar-refractivity contribution in [2.75, 3.05) is 27.9 Å². The van der Waals surface area contributed by atoms with Crippen LogP contribution < -0.4 is 14.2 Å². The minimum Gasteiger partial charge on any atom is -0.497 e. The fourth-order valence-electron chi connectivity index (χ4n) is 1.47. The summed E-state index contributed by atoms with van der Waals surface area (Å²) in [7, 11) is 0.460. The quantitative estimate of drug-likeness (QED) is 0.728. The molecule has 1 N–H and O–H groups in total. The summed E-state index contributed by atoms with van der Waals surface area (Å²) in [5.74, 6) is -0.00876. The van der Waals surface area contributed by atoms with Crippen molar-refractivity contribution in [2.45, 2.75) is 5.75 Å². The second-order valence-electron chi connectivity index (χ2n) is 3.83. The summed E-state index contributed by atoms with van der Waals surface area (Å²) in [5, 5.41) is 0. The normalized spacial score (nSPS) is 10.9. The van der Waals surface area contributed by atoms with Gasteiger partial charge in [0.2, 0.25) is 10.0 Å². The fraction of sp³-hybridized carbons (Fsp3) is 0.417. The average molecular weight is 303 g/mol. The lowest BCUT2D eigenvalue weighted by molar-refractivity contribution is -0.139. The molecule has 112 valence electrons. The van der Waals surface area contributed by atoms with Gasteiger partial charge in [0.25, 0.3) is 0 Å². The maximum absolute atomic E-state index is 11.8. The summed E-state index contributed by atoms with van der Waals surface area (Å²) in [6.45, 7) is -0.405. The Hall–Kier alpha value is -1.80. The van der Waals surface area contributed by atoms with E-state index in [1.54, 1.807) is 18.2 Å². The van der Waals surface area contributed by atoms with Gasteiger partial charge in [-0.15, -0.1) is 0 Å². The number of carbonyl (C=O) groups is 1. The average Bonchev–Trinajstić information content (AvgIpc) is 2.44. The Balaban J connectivity index is 2.83. The maximum Gasteiger partial charge on any atom is 0.320 e.